The van der Waals surface area contributed by atoms with E-state index in [1.807, 2.05) is 24.4 Å². The number of rotatable bonds is 4. The van der Waals surface area contributed by atoms with Crippen molar-refractivity contribution >= 4 is 30.9 Å². The van der Waals surface area contributed by atoms with Crippen molar-refractivity contribution in [2.45, 2.75) is 31.5 Å². The second-order valence-corrected chi connectivity index (χ2v) is 6.61. The summed E-state index contributed by atoms with van der Waals surface area (Å²) in [6, 6.07) is 10.3. The quantitative estimate of drug-likeness (QED) is 0.859. The number of halogens is 2. The summed E-state index contributed by atoms with van der Waals surface area (Å²) in [5.41, 5.74) is 0.912. The van der Waals surface area contributed by atoms with Gasteiger partial charge in [0.15, 0.2) is 0 Å². The van der Waals surface area contributed by atoms with E-state index >= 15 is 0 Å². The third-order valence-electron chi connectivity index (χ3n) is 4.89. The van der Waals surface area contributed by atoms with Gasteiger partial charge in [-0.15, -0.1) is 24.8 Å². The fraction of sp³-hybridized carbons (Fsp3) is 0.444. The zero-order chi connectivity index (χ0) is 16.4. The van der Waals surface area contributed by atoms with Crippen molar-refractivity contribution in [2.75, 3.05) is 19.6 Å². The van der Waals surface area contributed by atoms with Gasteiger partial charge in [-0.3, -0.25) is 4.90 Å². The van der Waals surface area contributed by atoms with Gasteiger partial charge in [0.05, 0.1) is 13.1 Å². The van der Waals surface area contributed by atoms with Crippen molar-refractivity contribution in [1.29, 1.82) is 0 Å². The smallest absolute Gasteiger partial charge is 0.410 e. The normalized spacial score (nSPS) is 18.2. The Labute approximate surface area is 165 Å². The van der Waals surface area contributed by atoms with E-state index < -0.39 is 0 Å². The molecular weight excluding hydrogens is 375 g/mol. The van der Waals surface area contributed by atoms with Crippen LogP contribution in [0.4, 0.5) is 4.79 Å². The summed E-state index contributed by atoms with van der Waals surface area (Å²) >= 11 is 0. The molecule has 2 aliphatic rings. The molecule has 26 heavy (non-hydrogen) atoms. The Hall–Kier alpha value is -1.76. The van der Waals surface area contributed by atoms with E-state index in [2.05, 4.69) is 27.0 Å². The highest BCUT2D eigenvalue weighted by atomic mass is 35.5. The number of amides is 1. The van der Waals surface area contributed by atoms with Gasteiger partial charge in [0, 0.05) is 31.8 Å². The molecule has 0 atom stereocenters. The van der Waals surface area contributed by atoms with Crippen molar-refractivity contribution in [1.82, 2.24) is 19.8 Å². The zero-order valence-electron chi connectivity index (χ0n) is 14.5. The van der Waals surface area contributed by atoms with Crippen LogP contribution in [0.25, 0.3) is 0 Å². The first-order valence-corrected chi connectivity index (χ1v) is 8.47. The van der Waals surface area contributed by atoms with Crippen molar-refractivity contribution in [3.8, 4) is 0 Å². The van der Waals surface area contributed by atoms with Gasteiger partial charge in [-0.05, 0) is 18.7 Å². The molecular formula is C18H24Cl2N4O2. The highest BCUT2D eigenvalue weighted by Crippen LogP contribution is 2.31. The van der Waals surface area contributed by atoms with Gasteiger partial charge in [0.2, 0.25) is 0 Å². The molecule has 1 amide bonds. The molecule has 2 aliphatic heterocycles. The van der Waals surface area contributed by atoms with Gasteiger partial charge < -0.3 is 14.6 Å². The molecule has 0 saturated carbocycles. The maximum absolute atomic E-state index is 12.3. The number of hydrogen-bond acceptors (Lipinski definition) is 4. The Morgan fingerprint density at radius 2 is 1.85 bits per heavy atom. The number of benzene rings is 1. The molecule has 0 radical (unpaired) electrons. The Morgan fingerprint density at radius 1 is 1.12 bits per heavy atom. The first-order valence-electron chi connectivity index (χ1n) is 8.47. The molecule has 1 aromatic heterocycles. The molecule has 2 aromatic rings. The van der Waals surface area contributed by atoms with Crippen LogP contribution in [0.3, 0.4) is 0 Å². The molecule has 1 spiro atoms. The molecule has 1 N–H and O–H groups in total. The van der Waals surface area contributed by atoms with Crippen LogP contribution in [-0.4, -0.2) is 45.8 Å². The van der Waals surface area contributed by atoms with Crippen LogP contribution < -0.4 is 5.32 Å². The summed E-state index contributed by atoms with van der Waals surface area (Å²) in [6.45, 7) is 3.72. The average molecular weight is 399 g/mol. The lowest BCUT2D eigenvalue weighted by Gasteiger charge is -2.31. The molecule has 6 nitrogen and oxygen atoms in total. The monoisotopic (exact) mass is 398 g/mol. The number of hydrogen-bond donors (Lipinski definition) is 1. The zero-order valence-corrected chi connectivity index (χ0v) is 16.1. The highest BCUT2D eigenvalue weighted by molar-refractivity contribution is 5.85. The van der Waals surface area contributed by atoms with E-state index in [1.165, 1.54) is 5.56 Å². The van der Waals surface area contributed by atoms with E-state index in [0.29, 0.717) is 13.1 Å². The summed E-state index contributed by atoms with van der Waals surface area (Å²) in [6.07, 6.45) is 5.30. The summed E-state index contributed by atoms with van der Waals surface area (Å²) in [5.74, 6) is 0.891. The molecule has 3 heterocycles. The largest absolute Gasteiger partial charge is 0.441 e. The molecule has 2 saturated heterocycles. The second-order valence-electron chi connectivity index (χ2n) is 6.61. The number of carbonyl (C=O) groups excluding carboxylic acids is 1. The van der Waals surface area contributed by atoms with E-state index in [4.69, 9.17) is 4.74 Å². The van der Waals surface area contributed by atoms with Gasteiger partial charge in [0.1, 0.15) is 11.4 Å². The van der Waals surface area contributed by atoms with Gasteiger partial charge in [-0.2, -0.15) is 0 Å². The summed E-state index contributed by atoms with van der Waals surface area (Å²) in [5, 5.41) is 3.32. The minimum atomic E-state index is -0.306. The Morgan fingerprint density at radius 3 is 2.58 bits per heavy atom. The maximum atomic E-state index is 12.3. The molecule has 8 heteroatoms. The predicted molar refractivity (Wildman–Crippen MR) is 104 cm³/mol. The van der Waals surface area contributed by atoms with Crippen LogP contribution >= 0.6 is 24.8 Å². The number of ether oxygens (including phenoxy) is 1. The number of nitrogens with one attached hydrogen (secondary N) is 1. The first kappa shape index (κ1) is 20.6. The minimum absolute atomic E-state index is 0. The third-order valence-corrected chi connectivity index (χ3v) is 4.89. The van der Waals surface area contributed by atoms with E-state index in [-0.39, 0.29) is 36.5 Å². The number of piperidine rings is 1. The van der Waals surface area contributed by atoms with Gasteiger partial charge in [-0.1, -0.05) is 30.3 Å². The standard InChI is InChI=1S/C18H22N4O2.2ClH/c23-17-22(14-18(24-17)6-8-19-9-7-18)13-16-20-10-11-21(16)12-15-4-2-1-3-5-15;;/h1-5,10-11,19H,6-9,12-14H2;2*1H. The first-order chi connectivity index (χ1) is 11.7. The fourth-order valence-electron chi connectivity index (χ4n) is 3.54. The van der Waals surface area contributed by atoms with Crippen LogP contribution in [0.2, 0.25) is 0 Å². The Kier molecular flexibility index (Phi) is 6.92. The van der Waals surface area contributed by atoms with Gasteiger partial charge in [-0.25, -0.2) is 9.78 Å². The molecule has 142 valence electrons. The van der Waals surface area contributed by atoms with Crippen LogP contribution in [-0.2, 0) is 17.8 Å². The van der Waals surface area contributed by atoms with Crippen molar-refractivity contribution in [2.24, 2.45) is 0 Å². The van der Waals surface area contributed by atoms with E-state index in [0.717, 1.165) is 38.3 Å². The lowest BCUT2D eigenvalue weighted by molar-refractivity contribution is 0.0316. The summed E-state index contributed by atoms with van der Waals surface area (Å²) in [7, 11) is 0. The number of nitrogens with zero attached hydrogens (tertiary/aromatic N) is 3. The van der Waals surface area contributed by atoms with E-state index in [1.54, 1.807) is 11.1 Å². The van der Waals surface area contributed by atoms with Crippen LogP contribution in [0.1, 0.15) is 24.2 Å². The molecule has 0 bridgehead atoms. The number of aromatic nitrogens is 2. The van der Waals surface area contributed by atoms with Gasteiger partial charge >= 0.3 is 6.09 Å². The topological polar surface area (TPSA) is 59.4 Å². The SMILES string of the molecule is Cl.Cl.O=C1OC2(CCNCC2)CN1Cc1nccn1Cc1ccccc1. The number of imidazole rings is 1. The van der Waals surface area contributed by atoms with Crippen LogP contribution in [0, 0.1) is 0 Å². The third kappa shape index (κ3) is 4.31. The molecule has 2 fully saturated rings. The lowest BCUT2D eigenvalue weighted by Crippen LogP contribution is -2.44. The highest BCUT2D eigenvalue weighted by Gasteiger charge is 2.45. The maximum Gasteiger partial charge on any atom is 0.410 e. The molecule has 4 rings (SSSR count). The average Bonchev–Trinajstić information content (AvgIpc) is 3.14. The fourth-order valence-corrected chi connectivity index (χ4v) is 3.54. The summed E-state index contributed by atoms with van der Waals surface area (Å²) in [4.78, 5) is 18.5. The minimum Gasteiger partial charge on any atom is -0.441 e. The summed E-state index contributed by atoms with van der Waals surface area (Å²) < 4.78 is 7.81. The van der Waals surface area contributed by atoms with Crippen molar-refractivity contribution in [3.63, 3.8) is 0 Å². The second kappa shape index (κ2) is 8.75. The van der Waals surface area contributed by atoms with Crippen molar-refractivity contribution in [3.05, 3.63) is 54.1 Å². The van der Waals surface area contributed by atoms with Gasteiger partial charge in [0.25, 0.3) is 0 Å². The van der Waals surface area contributed by atoms with Crippen LogP contribution in [0.5, 0.6) is 0 Å². The Balaban J connectivity index is 0.00000121. The predicted octanol–water partition coefficient (Wildman–Crippen LogP) is 2.85. The van der Waals surface area contributed by atoms with Crippen LogP contribution in [0.15, 0.2) is 42.7 Å². The van der Waals surface area contributed by atoms with E-state index in [9.17, 15) is 4.79 Å². The molecule has 0 aliphatic carbocycles. The molecule has 0 unspecified atom stereocenters. The Bertz CT molecular complexity index is 717. The molecule has 1 aromatic carbocycles. The lowest BCUT2D eigenvalue weighted by atomic mass is 9.92. The van der Waals surface area contributed by atoms with Crippen molar-refractivity contribution < 1.29 is 9.53 Å². The number of carbonyl (C=O) groups is 1.